The maximum atomic E-state index is 11.1. The Bertz CT molecular complexity index is 1240. The molecule has 3 aromatic carbocycles. The van der Waals surface area contributed by atoms with E-state index in [1.165, 1.54) is 12.1 Å². The molecule has 3 N–H and O–H groups in total. The molecule has 0 radical (unpaired) electrons. The third-order valence-electron chi connectivity index (χ3n) is 4.44. The van der Waals surface area contributed by atoms with Crippen LogP contribution in [0.5, 0.6) is 11.5 Å². The minimum atomic E-state index is -1.19. The van der Waals surface area contributed by atoms with Crippen LogP contribution < -0.4 is 10.1 Å². The van der Waals surface area contributed by atoms with Crippen LogP contribution in [-0.4, -0.2) is 28.3 Å². The zero-order valence-corrected chi connectivity index (χ0v) is 15.5. The van der Waals surface area contributed by atoms with Gasteiger partial charge in [0.25, 0.3) is 0 Å². The predicted molar refractivity (Wildman–Crippen MR) is 109 cm³/mol. The zero-order chi connectivity index (χ0) is 19.8. The quantitative estimate of drug-likeness (QED) is 0.412. The lowest BCUT2D eigenvalue weighted by Gasteiger charge is -2.15. The number of aromatic nitrogens is 1. The van der Waals surface area contributed by atoms with E-state index in [1.807, 2.05) is 24.3 Å². The van der Waals surface area contributed by atoms with E-state index in [0.717, 1.165) is 22.0 Å². The third kappa shape index (κ3) is 3.14. The molecule has 0 amide bonds. The van der Waals surface area contributed by atoms with Gasteiger partial charge in [0, 0.05) is 27.5 Å². The minimum Gasteiger partial charge on any atom is -0.507 e. The van der Waals surface area contributed by atoms with Crippen molar-refractivity contribution in [3.8, 4) is 11.5 Å². The largest absolute Gasteiger partial charge is 0.507 e. The topological polar surface area (TPSA) is 91.7 Å². The summed E-state index contributed by atoms with van der Waals surface area (Å²) in [7, 11) is 1.59. The Balaban J connectivity index is 1.94. The average Bonchev–Trinajstić information content (AvgIpc) is 2.67. The van der Waals surface area contributed by atoms with E-state index in [2.05, 4.69) is 10.3 Å². The number of nitrogens with zero attached hydrogens (tertiary/aromatic N) is 1. The highest BCUT2D eigenvalue weighted by molar-refractivity contribution is 6.31. The maximum Gasteiger partial charge on any atom is 0.339 e. The molecule has 0 aliphatic heterocycles. The molecule has 0 saturated carbocycles. The van der Waals surface area contributed by atoms with Gasteiger partial charge in [-0.05, 0) is 48.5 Å². The molecule has 1 heterocycles. The number of hydrogen-bond acceptors (Lipinski definition) is 5. The number of pyridine rings is 1. The van der Waals surface area contributed by atoms with E-state index >= 15 is 0 Å². The number of aromatic hydroxyl groups is 1. The number of hydrogen-bond donors (Lipinski definition) is 3. The number of aromatic carboxylic acids is 1. The third-order valence-corrected chi connectivity index (χ3v) is 4.68. The van der Waals surface area contributed by atoms with Gasteiger partial charge in [0.05, 0.1) is 23.8 Å². The first-order chi connectivity index (χ1) is 13.5. The molecule has 7 heteroatoms. The first kappa shape index (κ1) is 17.9. The monoisotopic (exact) mass is 394 g/mol. The van der Waals surface area contributed by atoms with Crippen molar-refractivity contribution in [1.82, 2.24) is 4.98 Å². The summed E-state index contributed by atoms with van der Waals surface area (Å²) in [6, 6.07) is 15.3. The number of ether oxygens (including phenoxy) is 1. The number of carboxylic acid groups (broad SMARTS) is 1. The van der Waals surface area contributed by atoms with Crippen LogP contribution in [0.2, 0.25) is 5.02 Å². The predicted octanol–water partition coefficient (Wildman–Crippen LogP) is 5.20. The average molecular weight is 395 g/mol. The van der Waals surface area contributed by atoms with Crippen LogP contribution >= 0.6 is 11.6 Å². The highest BCUT2D eigenvalue weighted by Gasteiger charge is 2.14. The summed E-state index contributed by atoms with van der Waals surface area (Å²) < 4.78 is 5.34. The van der Waals surface area contributed by atoms with E-state index in [-0.39, 0.29) is 11.3 Å². The molecule has 0 spiro atoms. The van der Waals surface area contributed by atoms with E-state index in [1.54, 1.807) is 25.3 Å². The summed E-state index contributed by atoms with van der Waals surface area (Å²) >= 11 is 6.13. The smallest absolute Gasteiger partial charge is 0.339 e. The normalized spacial score (nSPS) is 10.9. The Labute approximate surface area is 165 Å². The van der Waals surface area contributed by atoms with E-state index < -0.39 is 5.97 Å². The number of carbonyl (C=O) groups is 1. The molecule has 0 unspecified atom stereocenters. The van der Waals surface area contributed by atoms with Crippen LogP contribution in [0.1, 0.15) is 10.4 Å². The van der Waals surface area contributed by atoms with Crippen LogP contribution in [0.15, 0.2) is 54.6 Å². The lowest BCUT2D eigenvalue weighted by molar-refractivity contribution is 0.0694. The van der Waals surface area contributed by atoms with Gasteiger partial charge < -0.3 is 20.3 Å². The van der Waals surface area contributed by atoms with Gasteiger partial charge in [0.2, 0.25) is 0 Å². The minimum absolute atomic E-state index is 0.163. The molecule has 0 aliphatic carbocycles. The molecule has 6 nitrogen and oxygen atoms in total. The number of fused-ring (bicyclic) bond motifs is 2. The van der Waals surface area contributed by atoms with Gasteiger partial charge in [-0.3, -0.25) is 0 Å². The maximum absolute atomic E-state index is 11.1. The Morgan fingerprint density at radius 3 is 2.57 bits per heavy atom. The van der Waals surface area contributed by atoms with Crippen LogP contribution in [0.3, 0.4) is 0 Å². The van der Waals surface area contributed by atoms with Crippen molar-refractivity contribution >= 4 is 50.8 Å². The zero-order valence-electron chi connectivity index (χ0n) is 14.7. The summed E-state index contributed by atoms with van der Waals surface area (Å²) in [5.74, 6) is -0.834. The number of carboxylic acids is 1. The first-order valence-electron chi connectivity index (χ1n) is 8.36. The molecule has 0 fully saturated rings. The van der Waals surface area contributed by atoms with Gasteiger partial charge in [0.1, 0.15) is 17.1 Å². The Morgan fingerprint density at radius 2 is 1.86 bits per heavy atom. The molecule has 1 aromatic heterocycles. The molecule has 28 heavy (non-hydrogen) atoms. The van der Waals surface area contributed by atoms with E-state index in [4.69, 9.17) is 21.4 Å². The number of rotatable bonds is 4. The summed E-state index contributed by atoms with van der Waals surface area (Å²) in [6.45, 7) is 0. The fraction of sp³-hybridized carbons (Fsp3) is 0.0476. The summed E-state index contributed by atoms with van der Waals surface area (Å²) in [5.41, 5.74) is 2.57. The second-order valence-electron chi connectivity index (χ2n) is 6.19. The molecular weight excluding hydrogens is 380 g/mol. The van der Waals surface area contributed by atoms with Gasteiger partial charge in [-0.15, -0.1) is 0 Å². The van der Waals surface area contributed by atoms with Crippen LogP contribution in [0, 0.1) is 0 Å². The van der Waals surface area contributed by atoms with Crippen molar-refractivity contribution in [2.75, 3.05) is 12.4 Å². The van der Waals surface area contributed by atoms with Gasteiger partial charge >= 0.3 is 5.97 Å². The first-order valence-corrected chi connectivity index (χ1v) is 8.74. The van der Waals surface area contributed by atoms with Crippen molar-refractivity contribution in [3.63, 3.8) is 0 Å². The highest BCUT2D eigenvalue weighted by atomic mass is 35.5. The number of nitrogens with one attached hydrogen (secondary N) is 1. The van der Waals surface area contributed by atoms with Gasteiger partial charge in [-0.1, -0.05) is 11.6 Å². The van der Waals surface area contributed by atoms with Crippen molar-refractivity contribution in [1.29, 1.82) is 0 Å². The van der Waals surface area contributed by atoms with Crippen molar-refractivity contribution in [3.05, 3.63) is 65.2 Å². The lowest BCUT2D eigenvalue weighted by Crippen LogP contribution is -1.99. The van der Waals surface area contributed by atoms with E-state index in [0.29, 0.717) is 22.0 Å². The fourth-order valence-corrected chi connectivity index (χ4v) is 3.26. The molecule has 0 saturated heterocycles. The van der Waals surface area contributed by atoms with Crippen molar-refractivity contribution in [2.24, 2.45) is 0 Å². The van der Waals surface area contributed by atoms with Crippen molar-refractivity contribution in [2.45, 2.75) is 0 Å². The van der Waals surface area contributed by atoms with Crippen molar-refractivity contribution < 1.29 is 19.7 Å². The Hall–Kier alpha value is -3.51. The van der Waals surface area contributed by atoms with Gasteiger partial charge in [-0.25, -0.2) is 9.78 Å². The van der Waals surface area contributed by atoms with Crippen LogP contribution in [-0.2, 0) is 0 Å². The molecule has 0 aliphatic rings. The second-order valence-corrected chi connectivity index (χ2v) is 6.63. The number of anilines is 2. The molecular formula is C21H15ClN2O4. The summed E-state index contributed by atoms with van der Waals surface area (Å²) in [4.78, 5) is 15.8. The van der Waals surface area contributed by atoms with Crippen LogP contribution in [0.25, 0.3) is 21.8 Å². The SMILES string of the molecule is COc1ccc2nc3cc(Cl)ccc3c(Nc3ccc(C(=O)O)c(O)c3)c2c1. The molecule has 4 rings (SSSR count). The van der Waals surface area contributed by atoms with E-state index in [9.17, 15) is 9.90 Å². The van der Waals surface area contributed by atoms with Crippen LogP contribution in [0.4, 0.5) is 11.4 Å². The molecule has 140 valence electrons. The second kappa shape index (κ2) is 6.90. The lowest BCUT2D eigenvalue weighted by atomic mass is 10.1. The number of benzene rings is 3. The Kier molecular flexibility index (Phi) is 4.41. The summed E-state index contributed by atoms with van der Waals surface area (Å²) in [6.07, 6.45) is 0. The summed E-state index contributed by atoms with van der Waals surface area (Å²) in [5, 5.41) is 24.6. The van der Waals surface area contributed by atoms with Gasteiger partial charge in [-0.2, -0.15) is 0 Å². The molecule has 4 aromatic rings. The molecule has 0 bridgehead atoms. The standard InChI is InChI=1S/C21H15ClN2O4/c1-28-13-4-7-17-16(10-13)20(14-5-2-11(22)8-18(14)24-17)23-12-3-6-15(21(26)27)19(25)9-12/h2-10,25H,1H3,(H,23,24)(H,26,27). The highest BCUT2D eigenvalue weighted by Crippen LogP contribution is 2.36. The van der Waals surface area contributed by atoms with Gasteiger partial charge in [0.15, 0.2) is 0 Å². The molecule has 0 atom stereocenters. The number of halogens is 1. The Morgan fingerprint density at radius 1 is 1.04 bits per heavy atom. The number of phenols is 1. The number of methoxy groups -OCH3 is 1. The fourth-order valence-electron chi connectivity index (χ4n) is 3.09.